The molecule has 7 heteroatoms. The van der Waals surface area contributed by atoms with Crippen LogP contribution in [-0.4, -0.2) is 58.2 Å². The summed E-state index contributed by atoms with van der Waals surface area (Å²) in [6.07, 6.45) is 1.52. The van der Waals surface area contributed by atoms with Crippen LogP contribution < -0.4 is 0 Å². The molecular weight excluding hydrogens is 385 g/mol. The van der Waals surface area contributed by atoms with Gasteiger partial charge in [-0.1, -0.05) is 39.6 Å². The molecule has 1 aliphatic rings. The SMILES string of the molecule is O=C(P)C(=O)c1c[nH]c2ccc(C(=O)N3CCN(Cc4ccccc4)CC3)cc12. The lowest BCUT2D eigenvalue weighted by atomic mass is 10.1. The van der Waals surface area contributed by atoms with E-state index < -0.39 is 11.3 Å². The summed E-state index contributed by atoms with van der Waals surface area (Å²) in [5.74, 6) is -0.636. The average molecular weight is 407 g/mol. The number of hydrogen-bond donors (Lipinski definition) is 1. The minimum Gasteiger partial charge on any atom is -0.360 e. The van der Waals surface area contributed by atoms with Gasteiger partial charge in [0.15, 0.2) is 0 Å². The Morgan fingerprint density at radius 2 is 1.69 bits per heavy atom. The second-order valence-corrected chi connectivity index (χ2v) is 7.73. The minimum atomic E-state index is -0.600. The van der Waals surface area contributed by atoms with Crippen molar-refractivity contribution in [3.63, 3.8) is 0 Å². The second-order valence-electron chi connectivity index (χ2n) is 7.21. The topological polar surface area (TPSA) is 73.5 Å². The van der Waals surface area contributed by atoms with Gasteiger partial charge in [-0.15, -0.1) is 0 Å². The van der Waals surface area contributed by atoms with E-state index in [9.17, 15) is 14.4 Å². The zero-order valence-corrected chi connectivity index (χ0v) is 17.1. The van der Waals surface area contributed by atoms with Crippen molar-refractivity contribution in [3.8, 4) is 0 Å². The Hall–Kier alpha value is -2.82. The zero-order chi connectivity index (χ0) is 20.4. The highest BCUT2D eigenvalue weighted by Crippen LogP contribution is 2.22. The summed E-state index contributed by atoms with van der Waals surface area (Å²) in [7, 11) is 1.90. The first-order valence-electron chi connectivity index (χ1n) is 9.54. The maximum atomic E-state index is 13.0. The van der Waals surface area contributed by atoms with E-state index in [0.29, 0.717) is 29.6 Å². The quantitative estimate of drug-likeness (QED) is 0.401. The molecule has 0 aliphatic carbocycles. The Morgan fingerprint density at radius 3 is 2.38 bits per heavy atom. The van der Waals surface area contributed by atoms with Gasteiger partial charge in [0, 0.05) is 55.4 Å². The molecule has 3 aromatic rings. The van der Waals surface area contributed by atoms with Gasteiger partial charge in [-0.25, -0.2) is 0 Å². The van der Waals surface area contributed by atoms with Gasteiger partial charge >= 0.3 is 0 Å². The first-order valence-corrected chi connectivity index (χ1v) is 10.1. The van der Waals surface area contributed by atoms with Crippen LogP contribution in [-0.2, 0) is 11.3 Å². The van der Waals surface area contributed by atoms with Crippen LogP contribution in [0.2, 0.25) is 0 Å². The first-order chi connectivity index (χ1) is 14.0. The van der Waals surface area contributed by atoms with Crippen molar-refractivity contribution < 1.29 is 14.4 Å². The molecule has 148 valence electrons. The van der Waals surface area contributed by atoms with Gasteiger partial charge in [-0.2, -0.15) is 0 Å². The van der Waals surface area contributed by atoms with Crippen LogP contribution in [0.5, 0.6) is 0 Å². The fourth-order valence-electron chi connectivity index (χ4n) is 3.71. The van der Waals surface area contributed by atoms with E-state index in [1.165, 1.54) is 11.8 Å². The van der Waals surface area contributed by atoms with Crippen LogP contribution in [0, 0.1) is 0 Å². The molecule has 0 saturated carbocycles. The number of amides is 1. The van der Waals surface area contributed by atoms with E-state index in [0.717, 1.165) is 25.2 Å². The largest absolute Gasteiger partial charge is 0.360 e. The lowest BCUT2D eigenvalue weighted by Gasteiger charge is -2.34. The van der Waals surface area contributed by atoms with Gasteiger partial charge in [0.25, 0.3) is 5.91 Å². The number of H-pyrrole nitrogens is 1. The van der Waals surface area contributed by atoms with Gasteiger partial charge in [0.1, 0.15) is 0 Å². The number of carbonyl (C=O) groups is 3. The fraction of sp³-hybridized carbons (Fsp3) is 0.227. The standard InChI is InChI=1S/C22H22N3O3P/c26-20(22(28)29)18-13-23-19-7-6-16(12-17(18)19)21(27)25-10-8-24(9-11-25)14-15-4-2-1-3-5-15/h1-7,12-13,23H,8-11,14,29H2. The summed E-state index contributed by atoms with van der Waals surface area (Å²) in [5.41, 5.74) is 2.22. The highest BCUT2D eigenvalue weighted by atomic mass is 31.0. The number of hydrogen-bond acceptors (Lipinski definition) is 4. The molecule has 2 heterocycles. The predicted molar refractivity (Wildman–Crippen MR) is 115 cm³/mol. The van der Waals surface area contributed by atoms with Crippen molar-refractivity contribution in [2.24, 2.45) is 0 Å². The Labute approximate surface area is 171 Å². The van der Waals surface area contributed by atoms with E-state index in [1.54, 1.807) is 18.2 Å². The third-order valence-corrected chi connectivity index (χ3v) is 5.57. The number of rotatable bonds is 5. The summed E-state index contributed by atoms with van der Waals surface area (Å²) in [4.78, 5) is 43.7. The summed E-state index contributed by atoms with van der Waals surface area (Å²) < 4.78 is 0. The third-order valence-electron chi connectivity index (χ3n) is 5.31. The first kappa shape index (κ1) is 19.5. The molecule has 1 unspecified atom stereocenters. The van der Waals surface area contributed by atoms with Gasteiger partial charge in [-0.05, 0) is 23.8 Å². The maximum Gasteiger partial charge on any atom is 0.253 e. The van der Waals surface area contributed by atoms with Crippen molar-refractivity contribution in [1.82, 2.24) is 14.8 Å². The predicted octanol–water partition coefficient (Wildman–Crippen LogP) is 2.71. The molecule has 0 bridgehead atoms. The van der Waals surface area contributed by atoms with E-state index >= 15 is 0 Å². The molecule has 0 radical (unpaired) electrons. The Balaban J connectivity index is 1.46. The molecule has 4 rings (SSSR count). The van der Waals surface area contributed by atoms with Crippen LogP contribution in [0.3, 0.4) is 0 Å². The van der Waals surface area contributed by atoms with E-state index in [-0.39, 0.29) is 5.91 Å². The number of aromatic nitrogens is 1. The molecule has 1 atom stereocenters. The second kappa shape index (κ2) is 8.27. The molecule has 1 N–H and O–H groups in total. The summed E-state index contributed by atoms with van der Waals surface area (Å²) in [6, 6.07) is 15.5. The van der Waals surface area contributed by atoms with Gasteiger partial charge in [0.05, 0.1) is 5.56 Å². The normalized spacial score (nSPS) is 14.9. The number of ketones is 1. The van der Waals surface area contributed by atoms with Crippen molar-refractivity contribution >= 4 is 37.4 Å². The maximum absolute atomic E-state index is 13.0. The van der Waals surface area contributed by atoms with Crippen molar-refractivity contribution in [2.75, 3.05) is 26.2 Å². The molecule has 0 spiro atoms. The van der Waals surface area contributed by atoms with E-state index in [2.05, 4.69) is 22.0 Å². The van der Waals surface area contributed by atoms with Crippen LogP contribution in [0.1, 0.15) is 26.3 Å². The van der Waals surface area contributed by atoms with Crippen LogP contribution in [0.25, 0.3) is 10.9 Å². The number of carbonyl (C=O) groups excluding carboxylic acids is 3. The number of piperazine rings is 1. The van der Waals surface area contributed by atoms with E-state index in [4.69, 9.17) is 0 Å². The molecule has 1 aromatic heterocycles. The minimum absolute atomic E-state index is 0.0527. The monoisotopic (exact) mass is 407 g/mol. The number of fused-ring (bicyclic) bond motifs is 1. The fourth-order valence-corrected chi connectivity index (χ4v) is 3.86. The smallest absolute Gasteiger partial charge is 0.253 e. The lowest BCUT2D eigenvalue weighted by molar-refractivity contribution is -0.107. The molecule has 1 amide bonds. The summed E-state index contributed by atoms with van der Waals surface area (Å²) in [5, 5.41) is 0.597. The third kappa shape index (κ3) is 4.14. The molecule has 6 nitrogen and oxygen atoms in total. The Kier molecular flexibility index (Phi) is 5.56. The number of aromatic amines is 1. The molecule has 1 aliphatic heterocycles. The highest BCUT2D eigenvalue weighted by molar-refractivity contribution is 7.45. The Morgan fingerprint density at radius 1 is 0.966 bits per heavy atom. The molecule has 1 fully saturated rings. The number of benzene rings is 2. The highest BCUT2D eigenvalue weighted by Gasteiger charge is 2.23. The Bertz CT molecular complexity index is 1070. The summed E-state index contributed by atoms with van der Waals surface area (Å²) in [6.45, 7) is 3.84. The van der Waals surface area contributed by atoms with Gasteiger partial charge < -0.3 is 9.88 Å². The average Bonchev–Trinajstić information content (AvgIpc) is 3.17. The molecule has 1 saturated heterocycles. The van der Waals surface area contributed by atoms with E-state index in [1.807, 2.05) is 32.3 Å². The number of nitrogens with one attached hydrogen (secondary N) is 1. The van der Waals surface area contributed by atoms with Crippen molar-refractivity contribution in [2.45, 2.75) is 6.54 Å². The molecule has 29 heavy (non-hydrogen) atoms. The molecule has 2 aromatic carbocycles. The molecular formula is C22H22N3O3P. The van der Waals surface area contributed by atoms with Crippen LogP contribution in [0.15, 0.2) is 54.7 Å². The lowest BCUT2D eigenvalue weighted by Crippen LogP contribution is -2.48. The number of nitrogens with zero attached hydrogens (tertiary/aromatic N) is 2. The van der Waals surface area contributed by atoms with Gasteiger partial charge in [-0.3, -0.25) is 19.3 Å². The van der Waals surface area contributed by atoms with Crippen molar-refractivity contribution in [1.29, 1.82) is 0 Å². The van der Waals surface area contributed by atoms with Gasteiger partial charge in [0.2, 0.25) is 11.3 Å². The number of Topliss-reactive ketones (excluding diaryl/α,β-unsaturated/α-hetero) is 1. The zero-order valence-electron chi connectivity index (χ0n) is 15.9. The summed E-state index contributed by atoms with van der Waals surface area (Å²) >= 11 is 0. The van der Waals surface area contributed by atoms with Crippen molar-refractivity contribution in [3.05, 3.63) is 71.4 Å². The van der Waals surface area contributed by atoms with Crippen LogP contribution in [0.4, 0.5) is 0 Å². The van der Waals surface area contributed by atoms with Crippen LogP contribution >= 0.6 is 9.24 Å².